The highest BCUT2D eigenvalue weighted by atomic mass is 32.1. The number of nitrogens with zero attached hydrogens (tertiary/aromatic N) is 1. The fourth-order valence-electron chi connectivity index (χ4n) is 1.91. The Kier molecular flexibility index (Phi) is 3.98. The third kappa shape index (κ3) is 3.02. The van der Waals surface area contributed by atoms with E-state index in [2.05, 4.69) is 10.3 Å². The molecule has 1 aromatic carbocycles. The van der Waals surface area contributed by atoms with Gasteiger partial charge < -0.3 is 13.9 Å². The van der Waals surface area contributed by atoms with Gasteiger partial charge in [-0.1, -0.05) is 11.3 Å². The highest BCUT2D eigenvalue weighted by molar-refractivity contribution is 7.22. The quantitative estimate of drug-likeness (QED) is 0.789. The van der Waals surface area contributed by atoms with Gasteiger partial charge in [0.05, 0.1) is 24.4 Å². The highest BCUT2D eigenvalue weighted by Gasteiger charge is 2.14. The lowest BCUT2D eigenvalue weighted by molar-refractivity contribution is 0.0993. The summed E-state index contributed by atoms with van der Waals surface area (Å²) >= 11 is 1.29. The maximum absolute atomic E-state index is 12.1. The van der Waals surface area contributed by atoms with Crippen LogP contribution in [0, 0.1) is 0 Å². The van der Waals surface area contributed by atoms with Gasteiger partial charge in [-0.05, 0) is 18.2 Å². The zero-order valence-electron chi connectivity index (χ0n) is 12.3. The molecule has 0 aliphatic rings. The third-order valence-electron chi connectivity index (χ3n) is 3.06. The molecule has 0 saturated heterocycles. The number of anilines is 1. The second-order valence-electron chi connectivity index (χ2n) is 4.48. The predicted octanol–water partition coefficient (Wildman–Crippen LogP) is 2.52. The van der Waals surface area contributed by atoms with Crippen molar-refractivity contribution in [3.8, 4) is 11.5 Å². The van der Waals surface area contributed by atoms with Gasteiger partial charge in [-0.25, -0.2) is 4.98 Å². The van der Waals surface area contributed by atoms with E-state index in [1.54, 1.807) is 19.2 Å². The molecule has 2 aromatic heterocycles. The summed E-state index contributed by atoms with van der Waals surface area (Å²) in [6.45, 7) is 0. The number of hydrogen-bond acceptors (Lipinski definition) is 7. The fourth-order valence-corrected chi connectivity index (χ4v) is 2.80. The molecule has 2 heterocycles. The number of rotatable bonds is 4. The van der Waals surface area contributed by atoms with Crippen molar-refractivity contribution in [2.24, 2.45) is 0 Å². The standard InChI is InChI=1S/C15H12N2O5S/c1-20-8-3-4-9-13(5-8)23-15(16-9)17-14(19)11-6-10(18)12(21-2)7-22-11/h3-7H,1-2H3,(H,16,17,19). The molecule has 0 spiro atoms. The monoisotopic (exact) mass is 332 g/mol. The minimum Gasteiger partial charge on any atom is -0.497 e. The zero-order chi connectivity index (χ0) is 16.4. The number of aromatic nitrogens is 1. The normalized spacial score (nSPS) is 10.5. The van der Waals surface area contributed by atoms with Gasteiger partial charge >= 0.3 is 0 Å². The summed E-state index contributed by atoms with van der Waals surface area (Å²) in [7, 11) is 2.93. The molecular formula is C15H12N2O5S. The molecule has 1 N–H and O–H groups in total. The second kappa shape index (κ2) is 6.09. The van der Waals surface area contributed by atoms with Gasteiger partial charge in [-0.15, -0.1) is 0 Å². The first-order chi connectivity index (χ1) is 11.1. The van der Waals surface area contributed by atoms with Gasteiger partial charge in [0, 0.05) is 6.07 Å². The van der Waals surface area contributed by atoms with Crippen molar-refractivity contribution in [1.29, 1.82) is 0 Å². The van der Waals surface area contributed by atoms with E-state index in [0.29, 0.717) is 10.9 Å². The Balaban J connectivity index is 1.85. The van der Waals surface area contributed by atoms with Crippen LogP contribution >= 0.6 is 11.3 Å². The van der Waals surface area contributed by atoms with E-state index in [-0.39, 0.29) is 11.5 Å². The van der Waals surface area contributed by atoms with Crippen LogP contribution in [0.4, 0.5) is 5.13 Å². The Hall–Kier alpha value is -2.87. The molecule has 0 saturated carbocycles. The lowest BCUT2D eigenvalue weighted by Crippen LogP contribution is -2.15. The van der Waals surface area contributed by atoms with Crippen LogP contribution in [0.2, 0.25) is 0 Å². The molecule has 0 fully saturated rings. The van der Waals surface area contributed by atoms with E-state index < -0.39 is 11.3 Å². The summed E-state index contributed by atoms with van der Waals surface area (Å²) in [5.74, 6) is 0.0669. The molecule has 118 valence electrons. The van der Waals surface area contributed by atoms with Crippen LogP contribution in [0.15, 0.2) is 39.7 Å². The zero-order valence-corrected chi connectivity index (χ0v) is 13.1. The molecule has 1 amide bonds. The van der Waals surface area contributed by atoms with Gasteiger partial charge in [-0.3, -0.25) is 14.9 Å². The van der Waals surface area contributed by atoms with Crippen molar-refractivity contribution >= 4 is 32.6 Å². The van der Waals surface area contributed by atoms with Crippen molar-refractivity contribution in [3.63, 3.8) is 0 Å². The Morgan fingerprint density at radius 1 is 1.26 bits per heavy atom. The summed E-state index contributed by atoms with van der Waals surface area (Å²) in [5.41, 5.74) is 0.306. The van der Waals surface area contributed by atoms with Crippen molar-refractivity contribution in [1.82, 2.24) is 4.98 Å². The van der Waals surface area contributed by atoms with E-state index >= 15 is 0 Å². The van der Waals surface area contributed by atoms with Gasteiger partial charge in [0.1, 0.15) is 12.0 Å². The van der Waals surface area contributed by atoms with Crippen LogP contribution in [0.1, 0.15) is 10.6 Å². The second-order valence-corrected chi connectivity index (χ2v) is 5.51. The molecule has 0 unspecified atom stereocenters. The number of thiazole rings is 1. The first kappa shape index (κ1) is 15.0. The van der Waals surface area contributed by atoms with E-state index in [0.717, 1.165) is 22.5 Å². The van der Waals surface area contributed by atoms with Gasteiger partial charge in [-0.2, -0.15) is 0 Å². The number of carbonyl (C=O) groups excluding carboxylic acids is 1. The number of methoxy groups -OCH3 is 2. The maximum atomic E-state index is 12.1. The molecule has 3 aromatic rings. The summed E-state index contributed by atoms with van der Waals surface area (Å²) < 4.78 is 15.9. The van der Waals surface area contributed by atoms with Crippen LogP contribution in [0.3, 0.4) is 0 Å². The number of hydrogen-bond donors (Lipinski definition) is 1. The average Bonchev–Trinajstić information content (AvgIpc) is 2.95. The van der Waals surface area contributed by atoms with Crippen molar-refractivity contribution in [2.75, 3.05) is 19.5 Å². The van der Waals surface area contributed by atoms with Gasteiger partial charge in [0.15, 0.2) is 10.9 Å². The minimum atomic E-state index is -0.559. The van der Waals surface area contributed by atoms with Crippen LogP contribution in [0.5, 0.6) is 11.5 Å². The molecule has 0 atom stereocenters. The topological polar surface area (TPSA) is 90.7 Å². The maximum Gasteiger partial charge on any atom is 0.293 e. The highest BCUT2D eigenvalue weighted by Crippen LogP contribution is 2.29. The first-order valence-electron chi connectivity index (χ1n) is 6.53. The SMILES string of the molecule is COc1ccc2nc(NC(=O)c3cc(=O)c(OC)co3)sc2c1. The number of ether oxygens (including phenoxy) is 2. The Morgan fingerprint density at radius 3 is 2.78 bits per heavy atom. The fraction of sp³-hybridized carbons (Fsp3) is 0.133. The molecule has 0 aliphatic heterocycles. The third-order valence-corrected chi connectivity index (χ3v) is 3.99. The molecule has 7 nitrogen and oxygen atoms in total. The Morgan fingerprint density at radius 2 is 2.09 bits per heavy atom. The molecule has 0 bridgehead atoms. The molecule has 23 heavy (non-hydrogen) atoms. The average molecular weight is 332 g/mol. The molecule has 0 radical (unpaired) electrons. The Labute approximate surface area is 134 Å². The summed E-state index contributed by atoms with van der Waals surface area (Å²) in [5, 5.41) is 3.00. The number of benzene rings is 1. The Bertz CT molecular complexity index is 931. The van der Waals surface area contributed by atoms with Gasteiger partial charge in [0.2, 0.25) is 11.2 Å². The van der Waals surface area contributed by atoms with Crippen LogP contribution in [0.25, 0.3) is 10.2 Å². The van der Waals surface area contributed by atoms with Crippen LogP contribution in [-0.4, -0.2) is 25.1 Å². The van der Waals surface area contributed by atoms with E-state index in [4.69, 9.17) is 13.9 Å². The molecule has 3 rings (SSSR count). The van der Waals surface area contributed by atoms with E-state index in [1.807, 2.05) is 6.07 Å². The minimum absolute atomic E-state index is 0.0358. The summed E-state index contributed by atoms with van der Waals surface area (Å²) in [4.78, 5) is 28.1. The number of carbonyl (C=O) groups is 1. The number of nitrogens with one attached hydrogen (secondary N) is 1. The van der Waals surface area contributed by atoms with Gasteiger partial charge in [0.25, 0.3) is 5.91 Å². The van der Waals surface area contributed by atoms with Crippen LogP contribution in [-0.2, 0) is 0 Å². The number of fused-ring (bicyclic) bond motifs is 1. The largest absolute Gasteiger partial charge is 0.497 e. The van der Waals surface area contributed by atoms with E-state index in [9.17, 15) is 9.59 Å². The molecule has 8 heteroatoms. The van der Waals surface area contributed by atoms with Crippen molar-refractivity contribution in [2.45, 2.75) is 0 Å². The van der Waals surface area contributed by atoms with Crippen LogP contribution < -0.4 is 20.2 Å². The molecular weight excluding hydrogens is 320 g/mol. The lowest BCUT2D eigenvalue weighted by Gasteiger charge is -2.01. The lowest BCUT2D eigenvalue weighted by atomic mass is 10.3. The first-order valence-corrected chi connectivity index (χ1v) is 7.35. The smallest absolute Gasteiger partial charge is 0.293 e. The number of amides is 1. The predicted molar refractivity (Wildman–Crippen MR) is 85.7 cm³/mol. The van der Waals surface area contributed by atoms with Crippen molar-refractivity contribution < 1.29 is 18.7 Å². The molecule has 0 aliphatic carbocycles. The van der Waals surface area contributed by atoms with E-state index in [1.165, 1.54) is 18.4 Å². The van der Waals surface area contributed by atoms with Crippen molar-refractivity contribution in [3.05, 3.63) is 46.5 Å². The summed E-state index contributed by atoms with van der Waals surface area (Å²) in [6.07, 6.45) is 1.10. The summed E-state index contributed by atoms with van der Waals surface area (Å²) in [6, 6.07) is 6.49.